The normalized spacial score (nSPS) is 12.3. The molecule has 1 atom stereocenters. The standard InChI is InChI=1S/C15H16FNOS/c16-14-11-13(17)8-9-15(14)19(18)10-4-7-12-5-2-1-3-6-12/h1-3,5-6,8-9,11H,4,7,10,17H2. The molecular formula is C15H16FNOS. The van der Waals surface area contributed by atoms with E-state index in [0.29, 0.717) is 11.4 Å². The van der Waals surface area contributed by atoms with Crippen molar-refractivity contribution in [2.45, 2.75) is 17.7 Å². The van der Waals surface area contributed by atoms with Gasteiger partial charge in [-0.3, -0.25) is 4.21 Å². The number of benzene rings is 2. The molecule has 100 valence electrons. The molecule has 0 radical (unpaired) electrons. The molecule has 0 amide bonds. The summed E-state index contributed by atoms with van der Waals surface area (Å²) in [4.78, 5) is 0.238. The van der Waals surface area contributed by atoms with Gasteiger partial charge in [-0.1, -0.05) is 30.3 Å². The van der Waals surface area contributed by atoms with Gasteiger partial charge in [0.25, 0.3) is 0 Å². The highest BCUT2D eigenvalue weighted by molar-refractivity contribution is 7.85. The number of nitrogens with two attached hydrogens (primary N) is 1. The highest BCUT2D eigenvalue weighted by Crippen LogP contribution is 2.16. The van der Waals surface area contributed by atoms with Crippen molar-refractivity contribution in [3.63, 3.8) is 0 Å². The van der Waals surface area contributed by atoms with Gasteiger partial charge in [0.05, 0.1) is 15.7 Å². The van der Waals surface area contributed by atoms with E-state index < -0.39 is 16.6 Å². The molecule has 0 aliphatic rings. The number of hydrogen-bond donors (Lipinski definition) is 1. The minimum absolute atomic E-state index is 0.238. The fraction of sp³-hybridized carbons (Fsp3) is 0.200. The van der Waals surface area contributed by atoms with Crippen molar-refractivity contribution in [2.24, 2.45) is 0 Å². The fourth-order valence-electron chi connectivity index (χ4n) is 1.86. The minimum atomic E-state index is -1.31. The Labute approximate surface area is 114 Å². The predicted molar refractivity (Wildman–Crippen MR) is 76.9 cm³/mol. The van der Waals surface area contributed by atoms with Crippen LogP contribution in [-0.2, 0) is 17.2 Å². The summed E-state index contributed by atoms with van der Waals surface area (Å²) in [6.45, 7) is 0. The van der Waals surface area contributed by atoms with Gasteiger partial charge >= 0.3 is 0 Å². The van der Waals surface area contributed by atoms with Gasteiger partial charge in [-0.25, -0.2) is 4.39 Å². The van der Waals surface area contributed by atoms with Crippen molar-refractivity contribution in [3.8, 4) is 0 Å². The third kappa shape index (κ3) is 3.89. The third-order valence-corrected chi connectivity index (χ3v) is 4.32. The first-order valence-corrected chi connectivity index (χ1v) is 7.46. The molecule has 19 heavy (non-hydrogen) atoms. The number of hydrogen-bond acceptors (Lipinski definition) is 2. The van der Waals surface area contributed by atoms with E-state index in [1.165, 1.54) is 17.7 Å². The van der Waals surface area contributed by atoms with Gasteiger partial charge in [-0.2, -0.15) is 0 Å². The quantitative estimate of drug-likeness (QED) is 0.853. The van der Waals surface area contributed by atoms with Crippen LogP contribution in [0.2, 0.25) is 0 Å². The van der Waals surface area contributed by atoms with E-state index in [0.717, 1.165) is 12.8 Å². The summed E-state index contributed by atoms with van der Waals surface area (Å²) >= 11 is 0. The molecule has 0 aromatic heterocycles. The Morgan fingerprint density at radius 3 is 2.53 bits per heavy atom. The molecule has 4 heteroatoms. The number of halogens is 1. The smallest absolute Gasteiger partial charge is 0.141 e. The SMILES string of the molecule is Nc1ccc(S(=O)CCCc2ccccc2)c(F)c1. The first-order valence-electron chi connectivity index (χ1n) is 6.14. The lowest BCUT2D eigenvalue weighted by atomic mass is 10.1. The third-order valence-electron chi connectivity index (χ3n) is 2.84. The van der Waals surface area contributed by atoms with Crippen LogP contribution in [0.15, 0.2) is 53.4 Å². The Hall–Kier alpha value is -1.68. The molecule has 2 aromatic carbocycles. The molecule has 0 saturated heterocycles. The zero-order valence-corrected chi connectivity index (χ0v) is 11.3. The molecule has 2 nitrogen and oxygen atoms in total. The summed E-state index contributed by atoms with van der Waals surface area (Å²) < 4.78 is 25.6. The molecule has 0 spiro atoms. The van der Waals surface area contributed by atoms with Crippen molar-refractivity contribution in [3.05, 3.63) is 59.9 Å². The lowest BCUT2D eigenvalue weighted by Gasteiger charge is -2.05. The maximum Gasteiger partial charge on any atom is 0.141 e. The molecule has 2 N–H and O–H groups in total. The predicted octanol–water partition coefficient (Wildman–Crippen LogP) is 3.15. The second kappa shape index (κ2) is 6.48. The van der Waals surface area contributed by atoms with Gasteiger partial charge in [0.1, 0.15) is 5.82 Å². The zero-order valence-electron chi connectivity index (χ0n) is 10.5. The van der Waals surface area contributed by atoms with Crippen LogP contribution in [0, 0.1) is 5.82 Å². The Morgan fingerprint density at radius 1 is 1.11 bits per heavy atom. The van der Waals surface area contributed by atoms with Crippen LogP contribution in [0.25, 0.3) is 0 Å². The van der Waals surface area contributed by atoms with Crippen LogP contribution in [-0.4, -0.2) is 9.96 Å². The monoisotopic (exact) mass is 277 g/mol. The maximum absolute atomic E-state index is 13.6. The molecule has 2 rings (SSSR count). The van der Waals surface area contributed by atoms with Gasteiger partial charge < -0.3 is 5.73 Å². The van der Waals surface area contributed by atoms with Crippen molar-refractivity contribution in [1.29, 1.82) is 0 Å². The minimum Gasteiger partial charge on any atom is -0.399 e. The van der Waals surface area contributed by atoms with Gasteiger partial charge in [-0.15, -0.1) is 0 Å². The Kier molecular flexibility index (Phi) is 4.68. The Balaban J connectivity index is 1.91. The van der Waals surface area contributed by atoms with E-state index in [2.05, 4.69) is 0 Å². The molecule has 2 aromatic rings. The van der Waals surface area contributed by atoms with E-state index in [1.807, 2.05) is 30.3 Å². The summed E-state index contributed by atoms with van der Waals surface area (Å²) in [5.74, 6) is -0.0338. The summed E-state index contributed by atoms with van der Waals surface area (Å²) in [7, 11) is -1.31. The average molecular weight is 277 g/mol. The zero-order chi connectivity index (χ0) is 13.7. The highest BCUT2D eigenvalue weighted by atomic mass is 32.2. The van der Waals surface area contributed by atoms with Gasteiger partial charge in [-0.05, 0) is 36.6 Å². The second-order valence-corrected chi connectivity index (χ2v) is 5.87. The molecule has 0 aliphatic carbocycles. The molecule has 0 fully saturated rings. The van der Waals surface area contributed by atoms with Crippen LogP contribution < -0.4 is 5.73 Å². The van der Waals surface area contributed by atoms with Crippen LogP contribution in [0.3, 0.4) is 0 Å². The van der Waals surface area contributed by atoms with Crippen LogP contribution >= 0.6 is 0 Å². The van der Waals surface area contributed by atoms with E-state index in [9.17, 15) is 8.60 Å². The maximum atomic E-state index is 13.6. The van der Waals surface area contributed by atoms with Crippen LogP contribution in [0.1, 0.15) is 12.0 Å². The first kappa shape index (κ1) is 13.7. The second-order valence-electron chi connectivity index (χ2n) is 4.33. The van der Waals surface area contributed by atoms with Crippen LogP contribution in [0.4, 0.5) is 10.1 Å². The Morgan fingerprint density at radius 2 is 1.84 bits per heavy atom. The lowest BCUT2D eigenvalue weighted by Crippen LogP contribution is -2.03. The topological polar surface area (TPSA) is 43.1 Å². The van der Waals surface area contributed by atoms with Gasteiger partial charge in [0, 0.05) is 11.4 Å². The molecular weight excluding hydrogens is 261 g/mol. The van der Waals surface area contributed by atoms with Crippen molar-refractivity contribution < 1.29 is 8.60 Å². The molecule has 1 unspecified atom stereocenters. The molecule has 0 bridgehead atoms. The van der Waals surface area contributed by atoms with Crippen molar-refractivity contribution in [1.82, 2.24) is 0 Å². The van der Waals surface area contributed by atoms with E-state index >= 15 is 0 Å². The summed E-state index contributed by atoms with van der Waals surface area (Å²) in [5, 5.41) is 0. The number of rotatable bonds is 5. The largest absolute Gasteiger partial charge is 0.399 e. The number of anilines is 1. The van der Waals surface area contributed by atoms with Crippen molar-refractivity contribution >= 4 is 16.5 Å². The van der Waals surface area contributed by atoms with Gasteiger partial charge in [0.15, 0.2) is 0 Å². The molecule has 0 aliphatic heterocycles. The van der Waals surface area contributed by atoms with Crippen molar-refractivity contribution in [2.75, 3.05) is 11.5 Å². The van der Waals surface area contributed by atoms with E-state index in [-0.39, 0.29) is 4.90 Å². The summed E-state index contributed by atoms with van der Waals surface area (Å²) in [5.41, 5.74) is 7.02. The molecule has 0 saturated carbocycles. The van der Waals surface area contributed by atoms with Gasteiger partial charge in [0.2, 0.25) is 0 Å². The van der Waals surface area contributed by atoms with E-state index in [1.54, 1.807) is 6.07 Å². The number of aryl methyl sites for hydroxylation is 1. The first-order chi connectivity index (χ1) is 9.16. The summed E-state index contributed by atoms with van der Waals surface area (Å²) in [6.07, 6.45) is 1.61. The summed E-state index contributed by atoms with van der Waals surface area (Å²) in [6, 6.07) is 14.3. The fourth-order valence-corrected chi connectivity index (χ4v) is 2.99. The number of nitrogen functional groups attached to an aromatic ring is 1. The Bertz CT molecular complexity index is 572. The lowest BCUT2D eigenvalue weighted by molar-refractivity contribution is 0.595. The highest BCUT2D eigenvalue weighted by Gasteiger charge is 2.10. The molecule has 0 heterocycles. The average Bonchev–Trinajstić information content (AvgIpc) is 2.39. The van der Waals surface area contributed by atoms with Crippen LogP contribution in [0.5, 0.6) is 0 Å². The van der Waals surface area contributed by atoms with E-state index in [4.69, 9.17) is 5.73 Å².